The van der Waals surface area contributed by atoms with Crippen molar-refractivity contribution in [3.05, 3.63) is 12.7 Å². The van der Waals surface area contributed by atoms with Crippen LogP contribution in [0.4, 0.5) is 0 Å². The van der Waals surface area contributed by atoms with E-state index in [1.807, 2.05) is 0 Å². The molecule has 2 heterocycles. The molecule has 7 heteroatoms. The zero-order valence-electron chi connectivity index (χ0n) is 8.02. The van der Waals surface area contributed by atoms with Gasteiger partial charge in [0.15, 0.2) is 0 Å². The minimum absolute atomic E-state index is 0.0828. The summed E-state index contributed by atoms with van der Waals surface area (Å²) in [6.45, 7) is 0.433. The molecule has 0 aliphatic carbocycles. The molecule has 0 bridgehead atoms. The Kier molecular flexibility index (Phi) is 2.65. The summed E-state index contributed by atoms with van der Waals surface area (Å²) in [6, 6.07) is 0. The third kappa shape index (κ3) is 2.13. The van der Waals surface area contributed by atoms with E-state index in [-0.39, 0.29) is 25.5 Å². The van der Waals surface area contributed by atoms with Crippen LogP contribution < -0.4 is 0 Å². The van der Waals surface area contributed by atoms with Crippen molar-refractivity contribution in [3.63, 3.8) is 0 Å². The van der Waals surface area contributed by atoms with Crippen molar-refractivity contribution in [2.45, 2.75) is 18.8 Å². The Morgan fingerprint density at radius 1 is 1.40 bits per heavy atom. The molecule has 82 valence electrons. The summed E-state index contributed by atoms with van der Waals surface area (Å²) in [7, 11) is 0. The molecule has 2 atom stereocenters. The van der Waals surface area contributed by atoms with Gasteiger partial charge in [0.1, 0.15) is 19.2 Å². The smallest absolute Gasteiger partial charge is 0.244 e. The number of hydrogen-bond acceptors (Lipinski definition) is 5. The average Bonchev–Trinajstić information content (AvgIpc) is 2.78. The highest BCUT2D eigenvalue weighted by Crippen LogP contribution is 2.10. The summed E-state index contributed by atoms with van der Waals surface area (Å²) in [4.78, 5) is 16.7. The van der Waals surface area contributed by atoms with Crippen LogP contribution in [0.25, 0.3) is 0 Å². The highest BCUT2D eigenvalue weighted by atomic mass is 16.3. The van der Waals surface area contributed by atoms with Crippen molar-refractivity contribution in [3.8, 4) is 0 Å². The van der Waals surface area contributed by atoms with E-state index in [0.717, 1.165) is 0 Å². The number of aromatic nitrogens is 3. The molecule has 2 N–H and O–H groups in total. The molecule has 1 fully saturated rings. The molecule has 1 amide bonds. The Balaban J connectivity index is 1.92. The molecule has 1 saturated heterocycles. The molecule has 0 spiro atoms. The Hall–Kier alpha value is -1.47. The van der Waals surface area contributed by atoms with Gasteiger partial charge in [-0.25, -0.2) is 9.67 Å². The quantitative estimate of drug-likeness (QED) is 0.582. The average molecular weight is 212 g/mol. The van der Waals surface area contributed by atoms with Crippen LogP contribution in [0.3, 0.4) is 0 Å². The number of hydrogen-bond donors (Lipinski definition) is 2. The van der Waals surface area contributed by atoms with Crippen molar-refractivity contribution < 1.29 is 15.0 Å². The maximum absolute atomic E-state index is 11.6. The summed E-state index contributed by atoms with van der Waals surface area (Å²) in [6.07, 6.45) is 1.11. The fraction of sp³-hybridized carbons (Fsp3) is 0.625. The van der Waals surface area contributed by atoms with E-state index in [2.05, 4.69) is 10.1 Å². The van der Waals surface area contributed by atoms with Gasteiger partial charge >= 0.3 is 0 Å². The number of aliphatic hydroxyl groups is 2. The van der Waals surface area contributed by atoms with Gasteiger partial charge in [-0.15, -0.1) is 0 Å². The minimum Gasteiger partial charge on any atom is -0.388 e. The van der Waals surface area contributed by atoms with Crippen molar-refractivity contribution in [1.29, 1.82) is 0 Å². The summed E-state index contributed by atoms with van der Waals surface area (Å²) < 4.78 is 1.40. The van der Waals surface area contributed by atoms with Gasteiger partial charge in [-0.2, -0.15) is 5.10 Å². The van der Waals surface area contributed by atoms with Crippen LogP contribution in [0.2, 0.25) is 0 Å². The van der Waals surface area contributed by atoms with E-state index < -0.39 is 12.2 Å². The summed E-state index contributed by atoms with van der Waals surface area (Å²) in [5.74, 6) is -0.184. The van der Waals surface area contributed by atoms with Gasteiger partial charge in [0, 0.05) is 13.1 Å². The van der Waals surface area contributed by atoms with Crippen molar-refractivity contribution >= 4 is 5.91 Å². The molecule has 15 heavy (non-hydrogen) atoms. The van der Waals surface area contributed by atoms with Gasteiger partial charge in [-0.1, -0.05) is 0 Å². The zero-order valence-corrected chi connectivity index (χ0v) is 8.02. The highest BCUT2D eigenvalue weighted by molar-refractivity contribution is 5.76. The molecule has 1 aliphatic rings. The van der Waals surface area contributed by atoms with E-state index in [0.29, 0.717) is 0 Å². The number of carbonyl (C=O) groups excluding carboxylic acids is 1. The van der Waals surface area contributed by atoms with Crippen LogP contribution in [0, 0.1) is 0 Å². The number of rotatable bonds is 2. The lowest BCUT2D eigenvalue weighted by atomic mass is 10.3. The van der Waals surface area contributed by atoms with Crippen LogP contribution >= 0.6 is 0 Å². The van der Waals surface area contributed by atoms with E-state index in [9.17, 15) is 15.0 Å². The normalized spacial score (nSPS) is 25.9. The molecular formula is C8H12N4O3. The number of aliphatic hydroxyl groups excluding tert-OH is 2. The monoisotopic (exact) mass is 212 g/mol. The first kappa shape index (κ1) is 10.1. The standard InChI is InChI=1S/C8H12N4O3/c13-6-1-11(2-7(6)14)8(15)3-12-5-9-4-10-12/h4-7,13-14H,1-3H2/t6-,7+. The second kappa shape index (κ2) is 3.95. The summed E-state index contributed by atoms with van der Waals surface area (Å²) in [5, 5.41) is 22.3. The topological polar surface area (TPSA) is 91.5 Å². The second-order valence-corrected chi connectivity index (χ2v) is 3.53. The number of β-amino-alcohol motifs (C(OH)–C–C–N with tert-alkyl or cyclic N) is 2. The third-order valence-corrected chi connectivity index (χ3v) is 2.38. The van der Waals surface area contributed by atoms with E-state index >= 15 is 0 Å². The number of carbonyl (C=O) groups is 1. The Morgan fingerprint density at radius 2 is 2.07 bits per heavy atom. The number of nitrogens with zero attached hydrogens (tertiary/aromatic N) is 4. The van der Waals surface area contributed by atoms with Gasteiger partial charge in [-0.05, 0) is 0 Å². The molecule has 0 unspecified atom stereocenters. The van der Waals surface area contributed by atoms with E-state index in [1.54, 1.807) is 0 Å². The van der Waals surface area contributed by atoms with E-state index in [1.165, 1.54) is 22.2 Å². The first-order valence-electron chi connectivity index (χ1n) is 4.63. The van der Waals surface area contributed by atoms with Crippen LogP contribution in [0.1, 0.15) is 0 Å². The molecule has 0 saturated carbocycles. The second-order valence-electron chi connectivity index (χ2n) is 3.53. The predicted octanol–water partition coefficient (Wildman–Crippen LogP) is -2.16. The first-order chi connectivity index (χ1) is 7.16. The Labute approximate surface area is 86.0 Å². The highest BCUT2D eigenvalue weighted by Gasteiger charge is 2.32. The number of likely N-dealkylation sites (tertiary alicyclic amines) is 1. The summed E-state index contributed by atoms with van der Waals surface area (Å²) >= 11 is 0. The molecular weight excluding hydrogens is 200 g/mol. The SMILES string of the molecule is O=C(Cn1cncn1)N1C[C@@H](O)[C@@H](O)C1. The third-order valence-electron chi connectivity index (χ3n) is 2.38. The van der Waals surface area contributed by atoms with E-state index in [4.69, 9.17) is 0 Å². The van der Waals surface area contributed by atoms with Crippen LogP contribution in [0.5, 0.6) is 0 Å². The van der Waals surface area contributed by atoms with Gasteiger partial charge in [0.05, 0.1) is 12.2 Å². The van der Waals surface area contributed by atoms with Gasteiger partial charge < -0.3 is 15.1 Å². The molecule has 1 aromatic heterocycles. The molecule has 0 radical (unpaired) electrons. The van der Waals surface area contributed by atoms with Crippen molar-refractivity contribution in [2.75, 3.05) is 13.1 Å². The van der Waals surface area contributed by atoms with Gasteiger partial charge in [-0.3, -0.25) is 4.79 Å². The molecule has 0 aromatic carbocycles. The summed E-state index contributed by atoms with van der Waals surface area (Å²) in [5.41, 5.74) is 0. The molecule has 7 nitrogen and oxygen atoms in total. The maximum Gasteiger partial charge on any atom is 0.244 e. The largest absolute Gasteiger partial charge is 0.388 e. The molecule has 1 aromatic rings. The van der Waals surface area contributed by atoms with Crippen LogP contribution in [0.15, 0.2) is 12.7 Å². The Morgan fingerprint density at radius 3 is 2.60 bits per heavy atom. The van der Waals surface area contributed by atoms with Crippen LogP contribution in [-0.2, 0) is 11.3 Å². The van der Waals surface area contributed by atoms with Crippen molar-refractivity contribution in [2.24, 2.45) is 0 Å². The lowest BCUT2D eigenvalue weighted by molar-refractivity contribution is -0.131. The predicted molar refractivity (Wildman–Crippen MR) is 48.6 cm³/mol. The lowest BCUT2D eigenvalue weighted by Crippen LogP contribution is -2.33. The fourth-order valence-corrected chi connectivity index (χ4v) is 1.53. The molecule has 2 rings (SSSR count). The maximum atomic E-state index is 11.6. The minimum atomic E-state index is -0.843. The van der Waals surface area contributed by atoms with Crippen LogP contribution in [-0.4, -0.2) is 61.1 Å². The van der Waals surface area contributed by atoms with Gasteiger partial charge in [0.25, 0.3) is 0 Å². The molecule has 1 aliphatic heterocycles. The Bertz CT molecular complexity index is 330. The fourth-order valence-electron chi connectivity index (χ4n) is 1.53. The number of amides is 1. The van der Waals surface area contributed by atoms with Crippen molar-refractivity contribution in [1.82, 2.24) is 19.7 Å². The lowest BCUT2D eigenvalue weighted by Gasteiger charge is -2.14. The zero-order chi connectivity index (χ0) is 10.8. The van der Waals surface area contributed by atoms with Gasteiger partial charge in [0.2, 0.25) is 5.91 Å². The first-order valence-corrected chi connectivity index (χ1v) is 4.63.